The molecule has 36 heavy (non-hydrogen) atoms. The number of hydrogen-bond acceptors (Lipinski definition) is 8. The van der Waals surface area contributed by atoms with Crippen molar-refractivity contribution >= 4 is 40.6 Å². The van der Waals surface area contributed by atoms with E-state index in [0.29, 0.717) is 17.7 Å². The van der Waals surface area contributed by atoms with E-state index < -0.39 is 11.6 Å². The van der Waals surface area contributed by atoms with Crippen molar-refractivity contribution in [3.63, 3.8) is 0 Å². The second-order valence-corrected chi connectivity index (χ2v) is 8.62. The van der Waals surface area contributed by atoms with Crippen molar-refractivity contribution in [1.29, 1.82) is 0 Å². The van der Waals surface area contributed by atoms with Gasteiger partial charge in [-0.1, -0.05) is 0 Å². The Morgan fingerprint density at radius 2 is 1.89 bits per heavy atom. The van der Waals surface area contributed by atoms with E-state index in [1.54, 1.807) is 23.0 Å². The first-order valence-electron chi connectivity index (χ1n) is 11.6. The van der Waals surface area contributed by atoms with E-state index in [1.807, 2.05) is 19.9 Å². The standard InChI is InChI=1S/C24H25F2N9O/c1-14(2)35-18-5-4-16(21(26)20(18)23(33-35)30-13-36)22-17(25)12-29-24(32-22)31-19-6-3-15(11-28-19)34-9-7-27-8-10-34/h3-6,11-14,27H,7-10H2,1-2H3,(H,30,33,36)(H,28,29,31,32). The minimum atomic E-state index is -0.790. The molecule has 3 aromatic heterocycles. The number of fused-ring (bicyclic) bond motifs is 1. The summed E-state index contributed by atoms with van der Waals surface area (Å²) in [6, 6.07) is 6.71. The lowest BCUT2D eigenvalue weighted by Gasteiger charge is -2.29. The van der Waals surface area contributed by atoms with Crippen LogP contribution < -0.4 is 20.9 Å². The number of benzene rings is 1. The van der Waals surface area contributed by atoms with Gasteiger partial charge in [0.1, 0.15) is 17.3 Å². The van der Waals surface area contributed by atoms with Crippen LogP contribution in [-0.4, -0.2) is 57.3 Å². The molecule has 0 saturated carbocycles. The van der Waals surface area contributed by atoms with Crippen LogP contribution in [0.2, 0.25) is 0 Å². The molecule has 186 valence electrons. The molecule has 12 heteroatoms. The monoisotopic (exact) mass is 493 g/mol. The zero-order valence-electron chi connectivity index (χ0n) is 19.8. The molecule has 5 rings (SSSR count). The molecule has 4 aromatic rings. The fraction of sp³-hybridized carbons (Fsp3) is 0.292. The number of halogens is 2. The Balaban J connectivity index is 1.47. The lowest BCUT2D eigenvalue weighted by Crippen LogP contribution is -2.43. The third kappa shape index (κ3) is 4.42. The molecule has 0 spiro atoms. The number of aromatic nitrogens is 5. The summed E-state index contributed by atoms with van der Waals surface area (Å²) in [5, 5.41) is 13.1. The first-order chi connectivity index (χ1) is 17.5. The quantitative estimate of drug-likeness (QED) is 0.336. The average Bonchev–Trinajstić information content (AvgIpc) is 3.26. The van der Waals surface area contributed by atoms with Gasteiger partial charge in [-0.05, 0) is 38.1 Å². The Labute approximate surface area is 205 Å². The van der Waals surface area contributed by atoms with Crippen molar-refractivity contribution < 1.29 is 13.6 Å². The van der Waals surface area contributed by atoms with Crippen molar-refractivity contribution in [2.75, 3.05) is 41.7 Å². The number of nitrogens with one attached hydrogen (secondary N) is 3. The third-order valence-corrected chi connectivity index (χ3v) is 5.97. The highest BCUT2D eigenvalue weighted by Gasteiger charge is 2.22. The fourth-order valence-corrected chi connectivity index (χ4v) is 4.23. The number of piperazine rings is 1. The van der Waals surface area contributed by atoms with Crippen molar-refractivity contribution in [3.8, 4) is 11.3 Å². The summed E-state index contributed by atoms with van der Waals surface area (Å²) in [7, 11) is 0. The minimum Gasteiger partial charge on any atom is -0.368 e. The maximum absolute atomic E-state index is 15.7. The molecule has 10 nitrogen and oxygen atoms in total. The third-order valence-electron chi connectivity index (χ3n) is 5.97. The SMILES string of the molecule is CC(C)n1nc(NC=O)c2c(F)c(-c3nc(Nc4ccc(N5CCNCC5)cn4)ncc3F)ccc21. The number of amides is 1. The van der Waals surface area contributed by atoms with Crippen LogP contribution in [0.15, 0.2) is 36.7 Å². The van der Waals surface area contributed by atoms with Gasteiger partial charge >= 0.3 is 0 Å². The predicted octanol–water partition coefficient (Wildman–Crippen LogP) is 3.47. The van der Waals surface area contributed by atoms with Gasteiger partial charge in [0.15, 0.2) is 11.6 Å². The van der Waals surface area contributed by atoms with E-state index in [0.717, 1.165) is 38.1 Å². The van der Waals surface area contributed by atoms with Crippen molar-refractivity contribution in [2.24, 2.45) is 0 Å². The van der Waals surface area contributed by atoms with Crippen LogP contribution in [0.3, 0.4) is 0 Å². The lowest BCUT2D eigenvalue weighted by molar-refractivity contribution is -0.105. The smallest absolute Gasteiger partial charge is 0.229 e. The van der Waals surface area contributed by atoms with Gasteiger partial charge in [0.2, 0.25) is 12.4 Å². The second-order valence-electron chi connectivity index (χ2n) is 8.62. The highest BCUT2D eigenvalue weighted by atomic mass is 19.1. The topological polar surface area (TPSA) is 113 Å². The lowest BCUT2D eigenvalue weighted by atomic mass is 10.1. The van der Waals surface area contributed by atoms with E-state index in [9.17, 15) is 9.18 Å². The van der Waals surface area contributed by atoms with Crippen LogP contribution in [-0.2, 0) is 4.79 Å². The van der Waals surface area contributed by atoms with Gasteiger partial charge in [-0.25, -0.2) is 23.7 Å². The molecule has 1 amide bonds. The van der Waals surface area contributed by atoms with Gasteiger partial charge in [0.05, 0.1) is 29.0 Å². The molecular formula is C24H25F2N9O. The molecule has 1 aliphatic heterocycles. The van der Waals surface area contributed by atoms with Gasteiger partial charge in [-0.3, -0.25) is 9.48 Å². The Hall–Kier alpha value is -4.19. The molecule has 4 heterocycles. The van der Waals surface area contributed by atoms with Gasteiger partial charge in [0.25, 0.3) is 0 Å². The maximum Gasteiger partial charge on any atom is 0.229 e. The van der Waals surface area contributed by atoms with Crippen molar-refractivity contribution in [1.82, 2.24) is 30.0 Å². The molecule has 0 atom stereocenters. The molecule has 1 aromatic carbocycles. The number of rotatable bonds is 7. The maximum atomic E-state index is 15.7. The molecule has 1 aliphatic rings. The highest BCUT2D eigenvalue weighted by Crippen LogP contribution is 2.34. The molecule has 1 saturated heterocycles. The van der Waals surface area contributed by atoms with Crippen LogP contribution in [0.1, 0.15) is 19.9 Å². The van der Waals surface area contributed by atoms with Crippen molar-refractivity contribution in [3.05, 3.63) is 48.3 Å². The van der Waals surface area contributed by atoms with Crippen molar-refractivity contribution in [2.45, 2.75) is 19.9 Å². The molecule has 0 radical (unpaired) electrons. The summed E-state index contributed by atoms with van der Waals surface area (Å²) in [5.74, 6) is -0.946. The molecule has 0 aliphatic carbocycles. The summed E-state index contributed by atoms with van der Waals surface area (Å²) >= 11 is 0. The molecule has 0 bridgehead atoms. The number of carbonyl (C=O) groups excluding carboxylic acids is 1. The van der Waals surface area contributed by atoms with Crippen LogP contribution in [0.5, 0.6) is 0 Å². The average molecular weight is 494 g/mol. The summed E-state index contributed by atoms with van der Waals surface area (Å²) in [4.78, 5) is 25.9. The fourth-order valence-electron chi connectivity index (χ4n) is 4.23. The predicted molar refractivity (Wildman–Crippen MR) is 133 cm³/mol. The van der Waals surface area contributed by atoms with Crippen LogP contribution >= 0.6 is 0 Å². The number of anilines is 4. The normalized spacial score (nSPS) is 13.9. The number of hydrogen-bond donors (Lipinski definition) is 3. The van der Waals surface area contributed by atoms with Crippen LogP contribution in [0.25, 0.3) is 22.2 Å². The highest BCUT2D eigenvalue weighted by molar-refractivity contribution is 5.97. The van der Waals surface area contributed by atoms with Gasteiger partial charge < -0.3 is 20.9 Å². The molecule has 1 fully saturated rings. The van der Waals surface area contributed by atoms with Crippen LogP contribution in [0, 0.1) is 11.6 Å². The van der Waals surface area contributed by atoms with Gasteiger partial charge in [-0.15, -0.1) is 0 Å². The molecular weight excluding hydrogens is 468 g/mol. The first-order valence-corrected chi connectivity index (χ1v) is 11.6. The Morgan fingerprint density at radius 1 is 1.08 bits per heavy atom. The number of pyridine rings is 1. The van der Waals surface area contributed by atoms with Gasteiger partial charge in [0, 0.05) is 37.8 Å². The van der Waals surface area contributed by atoms with E-state index in [2.05, 4.69) is 40.9 Å². The zero-order valence-corrected chi connectivity index (χ0v) is 19.8. The molecule has 0 unspecified atom stereocenters. The second kappa shape index (κ2) is 9.82. The van der Waals surface area contributed by atoms with E-state index in [4.69, 9.17) is 0 Å². The number of nitrogens with zero attached hydrogens (tertiary/aromatic N) is 6. The Morgan fingerprint density at radius 3 is 2.58 bits per heavy atom. The summed E-state index contributed by atoms with van der Waals surface area (Å²) in [5.41, 5.74) is 1.17. The van der Waals surface area contributed by atoms with Crippen LogP contribution in [0.4, 0.5) is 32.1 Å². The van der Waals surface area contributed by atoms with E-state index >= 15 is 4.39 Å². The summed E-state index contributed by atoms with van der Waals surface area (Å²) < 4.78 is 32.1. The number of carbonyl (C=O) groups is 1. The minimum absolute atomic E-state index is 0.0506. The summed E-state index contributed by atoms with van der Waals surface area (Å²) in [6.45, 7) is 7.40. The zero-order chi connectivity index (χ0) is 25.2. The first kappa shape index (κ1) is 23.5. The van der Waals surface area contributed by atoms with Gasteiger partial charge in [-0.2, -0.15) is 5.10 Å². The van der Waals surface area contributed by atoms with E-state index in [-0.39, 0.29) is 34.5 Å². The Bertz CT molecular complexity index is 1400. The van der Waals surface area contributed by atoms with E-state index in [1.165, 1.54) is 6.07 Å². The largest absolute Gasteiger partial charge is 0.368 e. The summed E-state index contributed by atoms with van der Waals surface area (Å²) in [6.07, 6.45) is 3.15. The molecule has 3 N–H and O–H groups in total. The Kier molecular flexibility index (Phi) is 6.42.